The average molecular weight is 461 g/mol. The smallest absolute Gasteiger partial charge is 0.358 e. The molecule has 2 aromatic carbocycles. The van der Waals surface area contributed by atoms with Crippen LogP contribution in [0.2, 0.25) is 0 Å². The molecule has 1 unspecified atom stereocenters. The summed E-state index contributed by atoms with van der Waals surface area (Å²) >= 11 is 1.17. The summed E-state index contributed by atoms with van der Waals surface area (Å²) in [6.07, 6.45) is 0.480. The van der Waals surface area contributed by atoms with Gasteiger partial charge in [-0.3, -0.25) is 9.59 Å². The molecule has 0 saturated carbocycles. The van der Waals surface area contributed by atoms with Crippen molar-refractivity contribution in [2.24, 2.45) is 0 Å². The molecule has 0 aliphatic carbocycles. The number of aromatic amines is 1. The van der Waals surface area contributed by atoms with Gasteiger partial charge in [0.2, 0.25) is 11.7 Å². The van der Waals surface area contributed by atoms with E-state index in [0.29, 0.717) is 17.0 Å². The van der Waals surface area contributed by atoms with Crippen molar-refractivity contribution < 1.29 is 19.8 Å². The van der Waals surface area contributed by atoms with Gasteiger partial charge in [0.25, 0.3) is 5.56 Å². The minimum atomic E-state index is -1.53. The predicted octanol–water partition coefficient (Wildman–Crippen LogP) is 3.87. The number of aromatic nitrogens is 2. The van der Waals surface area contributed by atoms with Crippen LogP contribution in [0, 0.1) is 0 Å². The molecule has 2 aromatic heterocycles. The van der Waals surface area contributed by atoms with Gasteiger partial charge in [-0.05, 0) is 29.0 Å². The summed E-state index contributed by atoms with van der Waals surface area (Å²) in [7, 11) is 0. The van der Waals surface area contributed by atoms with E-state index in [0.717, 1.165) is 11.1 Å². The van der Waals surface area contributed by atoms with Gasteiger partial charge in [0.15, 0.2) is 11.5 Å². The number of aromatic carboxylic acids is 1. The van der Waals surface area contributed by atoms with Gasteiger partial charge in [0.1, 0.15) is 0 Å². The molecule has 1 atom stereocenters. The molecule has 166 valence electrons. The molecule has 0 fully saturated rings. The highest BCUT2D eigenvalue weighted by Crippen LogP contribution is 2.33. The van der Waals surface area contributed by atoms with Crippen molar-refractivity contribution >= 4 is 28.9 Å². The number of nitrogens with one attached hydrogen (secondary N) is 2. The lowest BCUT2D eigenvalue weighted by atomic mass is 9.91. The first-order valence-electron chi connectivity index (χ1n) is 9.98. The van der Waals surface area contributed by atoms with Gasteiger partial charge in [-0.1, -0.05) is 60.7 Å². The van der Waals surface area contributed by atoms with Crippen LogP contribution < -0.4 is 10.9 Å². The van der Waals surface area contributed by atoms with Gasteiger partial charge in [-0.25, -0.2) is 9.78 Å². The van der Waals surface area contributed by atoms with Crippen LogP contribution in [-0.4, -0.2) is 32.1 Å². The van der Waals surface area contributed by atoms with Crippen LogP contribution in [0.3, 0.4) is 0 Å². The fourth-order valence-electron chi connectivity index (χ4n) is 3.43. The lowest BCUT2D eigenvalue weighted by Crippen LogP contribution is -2.23. The molecule has 0 saturated heterocycles. The summed E-state index contributed by atoms with van der Waals surface area (Å²) in [5.41, 5.74) is 0.492. The van der Waals surface area contributed by atoms with Crippen molar-refractivity contribution in [1.29, 1.82) is 0 Å². The van der Waals surface area contributed by atoms with E-state index < -0.39 is 28.9 Å². The summed E-state index contributed by atoms with van der Waals surface area (Å²) in [5.74, 6) is -3.30. The zero-order valence-corrected chi connectivity index (χ0v) is 18.0. The Bertz CT molecular complexity index is 1350. The fourth-order valence-corrected chi connectivity index (χ4v) is 4.23. The zero-order valence-electron chi connectivity index (χ0n) is 17.2. The van der Waals surface area contributed by atoms with Gasteiger partial charge in [-0.2, -0.15) is 0 Å². The van der Waals surface area contributed by atoms with E-state index >= 15 is 0 Å². The number of carbonyl (C=O) groups is 2. The third-order valence-electron chi connectivity index (χ3n) is 5.04. The van der Waals surface area contributed by atoms with E-state index in [1.807, 2.05) is 60.7 Å². The second-order valence-electron chi connectivity index (χ2n) is 7.22. The quantitative estimate of drug-likeness (QED) is 0.330. The summed E-state index contributed by atoms with van der Waals surface area (Å²) in [5, 5.41) is 23.5. The van der Waals surface area contributed by atoms with Crippen molar-refractivity contribution in [2.75, 3.05) is 5.32 Å². The summed E-state index contributed by atoms with van der Waals surface area (Å²) < 4.78 is 0. The molecule has 4 aromatic rings. The van der Waals surface area contributed by atoms with Crippen LogP contribution in [0.4, 0.5) is 5.69 Å². The number of aromatic hydroxyl groups is 1. The standard InChI is InChI=1S/C24H19N3O5S/c28-19-18(24(31)32)26-21(27-23(19)30)20-17(11-12-33-20)25-22(29)16(15-9-5-2-6-10-15)13-14-7-3-1-4-8-14/h1-12,16,28H,13H2,(H,25,29)(H,31,32)(H,26,27,30). The zero-order chi connectivity index (χ0) is 23.4. The van der Waals surface area contributed by atoms with Crippen LogP contribution in [0.5, 0.6) is 5.75 Å². The lowest BCUT2D eigenvalue weighted by Gasteiger charge is -2.18. The second kappa shape index (κ2) is 9.49. The van der Waals surface area contributed by atoms with Gasteiger partial charge in [-0.15, -0.1) is 11.3 Å². The Balaban J connectivity index is 1.67. The third-order valence-corrected chi connectivity index (χ3v) is 5.96. The van der Waals surface area contributed by atoms with E-state index in [2.05, 4.69) is 15.3 Å². The number of rotatable bonds is 7. The first-order chi connectivity index (χ1) is 15.9. The molecule has 0 bridgehead atoms. The minimum absolute atomic E-state index is 0.0557. The van der Waals surface area contributed by atoms with Crippen molar-refractivity contribution in [3.05, 3.63) is 99.3 Å². The van der Waals surface area contributed by atoms with E-state index in [-0.39, 0.29) is 11.7 Å². The van der Waals surface area contributed by atoms with E-state index in [1.54, 1.807) is 11.4 Å². The second-order valence-corrected chi connectivity index (χ2v) is 8.14. The molecule has 8 nitrogen and oxygen atoms in total. The number of benzene rings is 2. The third kappa shape index (κ3) is 4.83. The average Bonchev–Trinajstić information content (AvgIpc) is 3.28. The number of amides is 1. The van der Waals surface area contributed by atoms with Gasteiger partial charge in [0, 0.05) is 0 Å². The first kappa shape index (κ1) is 22.0. The fraction of sp³-hybridized carbons (Fsp3) is 0.0833. The van der Waals surface area contributed by atoms with Crippen LogP contribution in [0.1, 0.15) is 27.5 Å². The van der Waals surface area contributed by atoms with E-state index in [1.165, 1.54) is 11.3 Å². The van der Waals surface area contributed by atoms with Crippen LogP contribution in [-0.2, 0) is 11.2 Å². The number of anilines is 1. The van der Waals surface area contributed by atoms with Gasteiger partial charge >= 0.3 is 5.97 Å². The molecule has 2 heterocycles. The molecule has 0 aliphatic rings. The number of H-pyrrole nitrogens is 1. The van der Waals surface area contributed by atoms with Crippen molar-refractivity contribution in [1.82, 2.24) is 9.97 Å². The number of carboxylic acids is 1. The maximum atomic E-state index is 13.4. The Morgan fingerprint density at radius 2 is 1.70 bits per heavy atom. The monoisotopic (exact) mass is 461 g/mol. The van der Waals surface area contributed by atoms with Crippen molar-refractivity contribution in [3.63, 3.8) is 0 Å². The Kier molecular flexibility index (Phi) is 6.32. The van der Waals surface area contributed by atoms with Crippen molar-refractivity contribution in [2.45, 2.75) is 12.3 Å². The molecule has 0 radical (unpaired) electrons. The predicted molar refractivity (Wildman–Crippen MR) is 125 cm³/mol. The van der Waals surface area contributed by atoms with Crippen molar-refractivity contribution in [3.8, 4) is 16.5 Å². The van der Waals surface area contributed by atoms with Crippen LogP contribution >= 0.6 is 11.3 Å². The SMILES string of the molecule is O=C(O)c1nc(-c2sccc2NC(=O)C(Cc2ccccc2)c2ccccc2)[nH]c(=O)c1O. The van der Waals surface area contributed by atoms with Crippen LogP contribution in [0.15, 0.2) is 76.9 Å². The molecule has 33 heavy (non-hydrogen) atoms. The largest absolute Gasteiger partial charge is 0.501 e. The summed E-state index contributed by atoms with van der Waals surface area (Å²) in [6, 6.07) is 20.7. The van der Waals surface area contributed by atoms with Gasteiger partial charge in [0.05, 0.1) is 16.5 Å². The maximum absolute atomic E-state index is 13.4. The molecular formula is C24H19N3O5S. The maximum Gasteiger partial charge on any atom is 0.358 e. The van der Waals surface area contributed by atoms with E-state index in [9.17, 15) is 24.6 Å². The normalized spacial score (nSPS) is 11.6. The number of carbonyl (C=O) groups excluding carboxylic acids is 1. The molecular weight excluding hydrogens is 442 g/mol. The molecule has 4 N–H and O–H groups in total. The molecule has 9 heteroatoms. The Labute approximate surface area is 192 Å². The number of nitrogens with zero attached hydrogens (tertiary/aromatic N) is 1. The first-order valence-corrected chi connectivity index (χ1v) is 10.9. The number of thiophene rings is 1. The molecule has 1 amide bonds. The van der Waals surface area contributed by atoms with Gasteiger partial charge < -0.3 is 20.5 Å². The topological polar surface area (TPSA) is 132 Å². The molecule has 0 spiro atoms. The van der Waals surface area contributed by atoms with Crippen LogP contribution in [0.25, 0.3) is 10.7 Å². The Morgan fingerprint density at radius 1 is 1.03 bits per heavy atom. The highest BCUT2D eigenvalue weighted by atomic mass is 32.1. The Morgan fingerprint density at radius 3 is 2.36 bits per heavy atom. The minimum Gasteiger partial charge on any atom is -0.501 e. The Hall–Kier alpha value is -4.24. The number of hydrogen-bond acceptors (Lipinski definition) is 6. The summed E-state index contributed by atoms with van der Waals surface area (Å²) in [6.45, 7) is 0. The highest BCUT2D eigenvalue weighted by Gasteiger charge is 2.24. The number of hydrogen-bond donors (Lipinski definition) is 4. The lowest BCUT2D eigenvalue weighted by molar-refractivity contribution is -0.117. The summed E-state index contributed by atoms with van der Waals surface area (Å²) in [4.78, 5) is 43.3. The number of carboxylic acid groups (broad SMARTS) is 1. The van der Waals surface area contributed by atoms with E-state index in [4.69, 9.17) is 0 Å². The molecule has 0 aliphatic heterocycles. The highest BCUT2D eigenvalue weighted by molar-refractivity contribution is 7.14. The molecule has 4 rings (SSSR count).